The first-order chi connectivity index (χ1) is 11.0. The standard InChI is InChI=1S/C15H9Br2N5O/c16-8-5-7(6-9(17)12(8)23)13-20-14(18)21-15-19-10-3-1-2-4-11(10)22(13)15/h1-6,23H,(H2,18,19,21). The second-order valence-corrected chi connectivity index (χ2v) is 6.64. The number of nitrogens with two attached hydrogens (primary N) is 1. The number of nitrogens with zero attached hydrogens (tertiary/aromatic N) is 4. The lowest BCUT2D eigenvalue weighted by Gasteiger charge is -2.09. The molecule has 0 fully saturated rings. The molecule has 2 aromatic carbocycles. The number of anilines is 1. The summed E-state index contributed by atoms with van der Waals surface area (Å²) >= 11 is 6.68. The van der Waals surface area contributed by atoms with Crippen molar-refractivity contribution in [2.45, 2.75) is 0 Å². The van der Waals surface area contributed by atoms with Crippen molar-refractivity contribution in [1.29, 1.82) is 0 Å². The summed E-state index contributed by atoms with van der Waals surface area (Å²) < 4.78 is 2.95. The third-order valence-electron chi connectivity index (χ3n) is 3.46. The van der Waals surface area contributed by atoms with Crippen molar-refractivity contribution in [2.24, 2.45) is 0 Å². The summed E-state index contributed by atoms with van der Waals surface area (Å²) in [5.74, 6) is 1.35. The highest BCUT2D eigenvalue weighted by atomic mass is 79.9. The third-order valence-corrected chi connectivity index (χ3v) is 4.67. The molecular formula is C15H9Br2N5O. The van der Waals surface area contributed by atoms with Gasteiger partial charge in [-0.25, -0.2) is 4.98 Å². The van der Waals surface area contributed by atoms with Crippen molar-refractivity contribution in [3.05, 3.63) is 45.3 Å². The molecule has 4 rings (SSSR count). The highest BCUT2D eigenvalue weighted by molar-refractivity contribution is 9.11. The molecule has 0 saturated heterocycles. The summed E-state index contributed by atoms with van der Waals surface area (Å²) in [4.78, 5) is 13.1. The van der Waals surface area contributed by atoms with Gasteiger partial charge in [-0.2, -0.15) is 9.97 Å². The Kier molecular flexibility index (Phi) is 3.24. The fourth-order valence-corrected chi connectivity index (χ4v) is 3.66. The lowest BCUT2D eigenvalue weighted by Crippen LogP contribution is -2.04. The van der Waals surface area contributed by atoms with E-state index in [9.17, 15) is 5.11 Å². The number of phenols is 1. The van der Waals surface area contributed by atoms with E-state index in [4.69, 9.17) is 5.73 Å². The molecule has 2 aromatic heterocycles. The lowest BCUT2D eigenvalue weighted by atomic mass is 10.2. The summed E-state index contributed by atoms with van der Waals surface area (Å²) in [6.45, 7) is 0. The van der Waals surface area contributed by atoms with Gasteiger partial charge in [0.25, 0.3) is 0 Å². The summed E-state index contributed by atoms with van der Waals surface area (Å²) in [7, 11) is 0. The normalized spacial score (nSPS) is 11.4. The molecule has 0 unspecified atom stereocenters. The Morgan fingerprint density at radius 1 is 1.00 bits per heavy atom. The lowest BCUT2D eigenvalue weighted by molar-refractivity contribution is 0.468. The number of para-hydroxylation sites is 2. The molecule has 8 heteroatoms. The first kappa shape index (κ1) is 14.4. The van der Waals surface area contributed by atoms with Crippen LogP contribution in [0, 0.1) is 0 Å². The van der Waals surface area contributed by atoms with Crippen molar-refractivity contribution in [3.63, 3.8) is 0 Å². The van der Waals surface area contributed by atoms with Crippen LogP contribution in [0.4, 0.5) is 5.95 Å². The zero-order valence-corrected chi connectivity index (χ0v) is 14.7. The van der Waals surface area contributed by atoms with Crippen molar-refractivity contribution < 1.29 is 5.11 Å². The molecule has 0 saturated carbocycles. The minimum atomic E-state index is 0.127. The maximum atomic E-state index is 9.91. The number of hydrogen-bond donors (Lipinski definition) is 2. The molecule has 0 bridgehead atoms. The second kappa shape index (κ2) is 5.17. The van der Waals surface area contributed by atoms with E-state index in [2.05, 4.69) is 46.8 Å². The largest absolute Gasteiger partial charge is 0.506 e. The number of phenolic OH excluding ortho intramolecular Hbond substituents is 1. The molecule has 2 heterocycles. The summed E-state index contributed by atoms with van der Waals surface area (Å²) in [5, 5.41) is 9.91. The quantitative estimate of drug-likeness (QED) is 0.476. The Morgan fingerprint density at radius 3 is 2.43 bits per heavy atom. The highest BCUT2D eigenvalue weighted by Crippen LogP contribution is 2.37. The number of rotatable bonds is 1. The van der Waals surface area contributed by atoms with Gasteiger partial charge in [-0.15, -0.1) is 0 Å². The number of aromatic nitrogens is 4. The molecule has 3 N–H and O–H groups in total. The minimum Gasteiger partial charge on any atom is -0.506 e. The van der Waals surface area contributed by atoms with Gasteiger partial charge in [0.2, 0.25) is 11.7 Å². The number of hydrogen-bond acceptors (Lipinski definition) is 5. The molecule has 0 atom stereocenters. The summed E-state index contributed by atoms with van der Waals surface area (Å²) in [5.41, 5.74) is 8.31. The SMILES string of the molecule is Nc1nc(-c2cc(Br)c(O)c(Br)c2)n2c(n1)nc1ccccc12. The van der Waals surface area contributed by atoms with E-state index in [1.54, 1.807) is 12.1 Å². The first-order valence-electron chi connectivity index (χ1n) is 6.63. The second-order valence-electron chi connectivity index (χ2n) is 4.93. The Balaban J connectivity index is 2.14. The maximum Gasteiger partial charge on any atom is 0.239 e. The number of nitrogen functional groups attached to an aromatic ring is 1. The molecule has 0 aliphatic rings. The first-order valence-corrected chi connectivity index (χ1v) is 8.22. The predicted molar refractivity (Wildman–Crippen MR) is 95.2 cm³/mol. The molecule has 0 amide bonds. The van der Waals surface area contributed by atoms with E-state index < -0.39 is 0 Å². The Morgan fingerprint density at radius 2 is 1.70 bits per heavy atom. The van der Waals surface area contributed by atoms with E-state index in [0.717, 1.165) is 16.6 Å². The van der Waals surface area contributed by atoms with Crippen LogP contribution in [0.5, 0.6) is 5.75 Å². The topological polar surface area (TPSA) is 89.3 Å². The fraction of sp³-hybridized carbons (Fsp3) is 0. The molecule has 6 nitrogen and oxygen atoms in total. The molecule has 0 aliphatic heterocycles. The minimum absolute atomic E-state index is 0.127. The van der Waals surface area contributed by atoms with Gasteiger partial charge >= 0.3 is 0 Å². The molecule has 0 spiro atoms. The van der Waals surface area contributed by atoms with Gasteiger partial charge in [0.1, 0.15) is 5.75 Å². The number of halogens is 2. The van der Waals surface area contributed by atoms with Crippen LogP contribution in [0.3, 0.4) is 0 Å². The molecule has 23 heavy (non-hydrogen) atoms. The van der Waals surface area contributed by atoms with Crippen LogP contribution in [0.15, 0.2) is 45.3 Å². The van der Waals surface area contributed by atoms with E-state index in [0.29, 0.717) is 20.5 Å². The molecule has 114 valence electrons. The van der Waals surface area contributed by atoms with E-state index >= 15 is 0 Å². The summed E-state index contributed by atoms with van der Waals surface area (Å²) in [6, 6.07) is 11.2. The number of imidazole rings is 1. The predicted octanol–water partition coefficient (Wildman–Crippen LogP) is 3.76. The van der Waals surface area contributed by atoms with Crippen LogP contribution < -0.4 is 5.73 Å². The summed E-state index contributed by atoms with van der Waals surface area (Å²) in [6.07, 6.45) is 0. The Labute approximate surface area is 147 Å². The monoisotopic (exact) mass is 433 g/mol. The van der Waals surface area contributed by atoms with Crippen LogP contribution in [0.2, 0.25) is 0 Å². The highest BCUT2D eigenvalue weighted by Gasteiger charge is 2.16. The fourth-order valence-electron chi connectivity index (χ4n) is 2.47. The van der Waals surface area contributed by atoms with E-state index in [-0.39, 0.29) is 11.7 Å². The average molecular weight is 435 g/mol. The molecule has 0 radical (unpaired) electrons. The van der Waals surface area contributed by atoms with Crippen LogP contribution >= 0.6 is 31.9 Å². The van der Waals surface area contributed by atoms with Gasteiger partial charge in [0.05, 0.1) is 20.0 Å². The molecule has 4 aromatic rings. The zero-order valence-electron chi connectivity index (χ0n) is 11.5. The van der Waals surface area contributed by atoms with Gasteiger partial charge in [-0.1, -0.05) is 12.1 Å². The third kappa shape index (κ3) is 2.25. The van der Waals surface area contributed by atoms with Crippen molar-refractivity contribution in [3.8, 4) is 17.1 Å². The Bertz CT molecular complexity index is 1050. The van der Waals surface area contributed by atoms with E-state index in [1.165, 1.54) is 0 Å². The van der Waals surface area contributed by atoms with Gasteiger partial charge in [0, 0.05) is 5.56 Å². The van der Waals surface area contributed by atoms with Crippen molar-refractivity contribution in [1.82, 2.24) is 19.4 Å². The number of aromatic hydroxyl groups is 1. The number of benzene rings is 2. The van der Waals surface area contributed by atoms with Crippen LogP contribution in [0.25, 0.3) is 28.2 Å². The van der Waals surface area contributed by atoms with Gasteiger partial charge < -0.3 is 10.8 Å². The molecular weight excluding hydrogens is 426 g/mol. The Hall–Kier alpha value is -2.19. The van der Waals surface area contributed by atoms with Crippen molar-refractivity contribution in [2.75, 3.05) is 5.73 Å². The van der Waals surface area contributed by atoms with Crippen LogP contribution in [-0.4, -0.2) is 24.5 Å². The number of fused-ring (bicyclic) bond motifs is 3. The van der Waals surface area contributed by atoms with Gasteiger partial charge in [-0.3, -0.25) is 4.40 Å². The van der Waals surface area contributed by atoms with E-state index in [1.807, 2.05) is 28.7 Å². The smallest absolute Gasteiger partial charge is 0.239 e. The van der Waals surface area contributed by atoms with Gasteiger partial charge in [-0.05, 0) is 56.1 Å². The van der Waals surface area contributed by atoms with Crippen LogP contribution in [0.1, 0.15) is 0 Å². The van der Waals surface area contributed by atoms with Crippen molar-refractivity contribution >= 4 is 54.6 Å². The maximum absolute atomic E-state index is 9.91. The zero-order chi connectivity index (χ0) is 16.1. The molecule has 0 aliphatic carbocycles. The van der Waals surface area contributed by atoms with Gasteiger partial charge in [0.15, 0.2) is 5.82 Å². The van der Waals surface area contributed by atoms with Crippen LogP contribution in [-0.2, 0) is 0 Å². The average Bonchev–Trinajstić information content (AvgIpc) is 2.89.